The van der Waals surface area contributed by atoms with Crippen LogP contribution in [0.3, 0.4) is 0 Å². The molecule has 0 saturated heterocycles. The number of non-ortho nitro benzene ring substituents is 1. The van der Waals surface area contributed by atoms with E-state index in [0.717, 1.165) is 21.1 Å². The standard InChI is InChI=1S/C14H12N4O3S2/c1-8-12(23-9(2)15-8)13-16-17-14(21-13)22-7-10-3-5-11(6-4-10)18(19)20/h3-6H,7H2,1-2H3. The summed E-state index contributed by atoms with van der Waals surface area (Å²) < 4.78 is 5.65. The van der Waals surface area contributed by atoms with Gasteiger partial charge in [0.25, 0.3) is 16.8 Å². The Hall–Kier alpha value is -2.26. The van der Waals surface area contributed by atoms with Gasteiger partial charge in [-0.25, -0.2) is 4.98 Å². The van der Waals surface area contributed by atoms with Crippen LogP contribution < -0.4 is 0 Å². The number of nitro benzene ring substituents is 1. The summed E-state index contributed by atoms with van der Waals surface area (Å²) in [5, 5.41) is 20.1. The van der Waals surface area contributed by atoms with E-state index in [1.54, 1.807) is 12.1 Å². The maximum absolute atomic E-state index is 10.6. The third-order valence-electron chi connectivity index (χ3n) is 3.01. The van der Waals surface area contributed by atoms with Crippen molar-refractivity contribution in [1.29, 1.82) is 0 Å². The fraction of sp³-hybridized carbons (Fsp3) is 0.214. The lowest BCUT2D eigenvalue weighted by molar-refractivity contribution is -0.384. The molecule has 0 unspecified atom stereocenters. The fourth-order valence-corrected chi connectivity index (χ4v) is 3.51. The monoisotopic (exact) mass is 348 g/mol. The lowest BCUT2D eigenvalue weighted by Gasteiger charge is -1.97. The van der Waals surface area contributed by atoms with Crippen molar-refractivity contribution in [1.82, 2.24) is 15.2 Å². The van der Waals surface area contributed by atoms with E-state index in [1.807, 2.05) is 13.8 Å². The second-order valence-electron chi connectivity index (χ2n) is 4.73. The molecule has 3 aromatic rings. The minimum atomic E-state index is -0.416. The summed E-state index contributed by atoms with van der Waals surface area (Å²) in [6.07, 6.45) is 0. The van der Waals surface area contributed by atoms with Gasteiger partial charge in [0.15, 0.2) is 0 Å². The number of nitrogens with zero attached hydrogens (tertiary/aromatic N) is 4. The maximum Gasteiger partial charge on any atom is 0.277 e. The van der Waals surface area contributed by atoms with E-state index in [4.69, 9.17) is 4.42 Å². The molecule has 1 aromatic carbocycles. The molecule has 0 fully saturated rings. The van der Waals surface area contributed by atoms with Crippen molar-refractivity contribution in [2.75, 3.05) is 0 Å². The third-order valence-corrected chi connectivity index (χ3v) is 4.96. The zero-order valence-electron chi connectivity index (χ0n) is 12.3. The first-order valence-corrected chi connectivity index (χ1v) is 8.47. The molecule has 0 amide bonds. The molecule has 0 bridgehead atoms. The second-order valence-corrected chi connectivity index (χ2v) is 6.86. The number of benzene rings is 1. The van der Waals surface area contributed by atoms with Crippen LogP contribution in [-0.4, -0.2) is 20.1 Å². The Morgan fingerprint density at radius 1 is 1.26 bits per heavy atom. The summed E-state index contributed by atoms with van der Waals surface area (Å²) in [5.41, 5.74) is 1.91. The SMILES string of the molecule is Cc1nc(C)c(-c2nnc(SCc3ccc([N+](=O)[O-])cc3)o2)s1. The van der Waals surface area contributed by atoms with Crippen LogP contribution in [0.15, 0.2) is 33.9 Å². The summed E-state index contributed by atoms with van der Waals surface area (Å²) in [6.45, 7) is 3.84. The maximum atomic E-state index is 10.6. The first-order valence-electron chi connectivity index (χ1n) is 6.67. The smallest absolute Gasteiger partial charge is 0.277 e. The molecule has 0 radical (unpaired) electrons. The van der Waals surface area contributed by atoms with E-state index >= 15 is 0 Å². The van der Waals surface area contributed by atoms with Gasteiger partial charge in [0.2, 0.25) is 0 Å². The van der Waals surface area contributed by atoms with Gasteiger partial charge in [0, 0.05) is 17.9 Å². The van der Waals surface area contributed by atoms with Gasteiger partial charge in [-0.05, 0) is 19.4 Å². The number of thiazole rings is 1. The van der Waals surface area contributed by atoms with Crippen LogP contribution in [0.1, 0.15) is 16.3 Å². The number of hydrogen-bond acceptors (Lipinski definition) is 8. The number of aromatic nitrogens is 3. The zero-order chi connectivity index (χ0) is 16.4. The molecule has 0 aliphatic carbocycles. The molecule has 0 saturated carbocycles. The third kappa shape index (κ3) is 3.57. The molecule has 0 N–H and O–H groups in total. The largest absolute Gasteiger partial charge is 0.410 e. The van der Waals surface area contributed by atoms with Crippen molar-refractivity contribution in [3.8, 4) is 10.8 Å². The van der Waals surface area contributed by atoms with Gasteiger partial charge in [-0.15, -0.1) is 21.5 Å². The Balaban J connectivity index is 1.67. The molecule has 0 aliphatic heterocycles. The van der Waals surface area contributed by atoms with Crippen molar-refractivity contribution >= 4 is 28.8 Å². The molecule has 2 heterocycles. The molecule has 0 aliphatic rings. The van der Waals surface area contributed by atoms with Gasteiger partial charge in [-0.1, -0.05) is 23.9 Å². The van der Waals surface area contributed by atoms with Crippen LogP contribution in [0.25, 0.3) is 10.8 Å². The van der Waals surface area contributed by atoms with E-state index in [0.29, 0.717) is 16.9 Å². The fourth-order valence-electron chi connectivity index (χ4n) is 1.95. The Kier molecular flexibility index (Phi) is 4.39. The molecule has 3 rings (SSSR count). The van der Waals surface area contributed by atoms with Crippen molar-refractivity contribution in [2.45, 2.75) is 24.8 Å². The predicted molar refractivity (Wildman–Crippen MR) is 87.5 cm³/mol. The van der Waals surface area contributed by atoms with Crippen molar-refractivity contribution < 1.29 is 9.34 Å². The van der Waals surface area contributed by atoms with Crippen LogP contribution >= 0.6 is 23.1 Å². The number of nitro groups is 1. The Morgan fingerprint density at radius 2 is 2.00 bits per heavy atom. The highest BCUT2D eigenvalue weighted by atomic mass is 32.2. The normalized spacial score (nSPS) is 10.9. The highest BCUT2D eigenvalue weighted by molar-refractivity contribution is 7.98. The van der Waals surface area contributed by atoms with Gasteiger partial charge in [-0.2, -0.15) is 0 Å². The number of aryl methyl sites for hydroxylation is 2. The molecule has 0 spiro atoms. The lowest BCUT2D eigenvalue weighted by Crippen LogP contribution is -1.88. The van der Waals surface area contributed by atoms with E-state index in [2.05, 4.69) is 15.2 Å². The van der Waals surface area contributed by atoms with Gasteiger partial charge in [0.1, 0.15) is 4.88 Å². The van der Waals surface area contributed by atoms with Crippen LogP contribution in [0.4, 0.5) is 5.69 Å². The number of thioether (sulfide) groups is 1. The van der Waals surface area contributed by atoms with Gasteiger partial charge < -0.3 is 4.42 Å². The molecule has 9 heteroatoms. The summed E-state index contributed by atoms with van der Waals surface area (Å²) in [6, 6.07) is 6.41. The Morgan fingerprint density at radius 3 is 2.61 bits per heavy atom. The summed E-state index contributed by atoms with van der Waals surface area (Å²) in [5.74, 6) is 1.07. The Bertz CT molecular complexity index is 842. The molecule has 118 valence electrons. The average molecular weight is 348 g/mol. The summed E-state index contributed by atoms with van der Waals surface area (Å²) in [4.78, 5) is 15.4. The molecular weight excluding hydrogens is 336 g/mol. The first-order chi connectivity index (χ1) is 11.0. The average Bonchev–Trinajstić information content (AvgIpc) is 3.11. The van der Waals surface area contributed by atoms with Crippen LogP contribution in [-0.2, 0) is 5.75 Å². The molecule has 2 aromatic heterocycles. The van der Waals surface area contributed by atoms with Crippen LogP contribution in [0.5, 0.6) is 0 Å². The van der Waals surface area contributed by atoms with E-state index in [1.165, 1.54) is 35.2 Å². The quantitative estimate of drug-likeness (QED) is 0.390. The topological polar surface area (TPSA) is 95.0 Å². The predicted octanol–water partition coefficient (Wildman–Crippen LogP) is 4.01. The minimum Gasteiger partial charge on any atom is -0.410 e. The summed E-state index contributed by atoms with van der Waals surface area (Å²) in [7, 11) is 0. The Labute approximate surface area is 139 Å². The van der Waals surface area contributed by atoms with Crippen molar-refractivity contribution in [3.63, 3.8) is 0 Å². The summed E-state index contributed by atoms with van der Waals surface area (Å²) >= 11 is 2.91. The van der Waals surface area contributed by atoms with E-state index < -0.39 is 4.92 Å². The van der Waals surface area contributed by atoms with Crippen molar-refractivity contribution in [2.24, 2.45) is 0 Å². The molecular formula is C14H12N4O3S2. The minimum absolute atomic E-state index is 0.0786. The first kappa shape index (κ1) is 15.6. The van der Waals surface area contributed by atoms with Crippen LogP contribution in [0, 0.1) is 24.0 Å². The van der Waals surface area contributed by atoms with Crippen LogP contribution in [0.2, 0.25) is 0 Å². The molecule has 7 nitrogen and oxygen atoms in total. The van der Waals surface area contributed by atoms with Gasteiger partial charge in [-0.3, -0.25) is 10.1 Å². The lowest BCUT2D eigenvalue weighted by atomic mass is 10.2. The molecule has 0 atom stereocenters. The second kappa shape index (κ2) is 6.47. The van der Waals surface area contributed by atoms with E-state index in [-0.39, 0.29) is 5.69 Å². The van der Waals surface area contributed by atoms with E-state index in [9.17, 15) is 10.1 Å². The van der Waals surface area contributed by atoms with Crippen molar-refractivity contribution in [3.05, 3.63) is 50.6 Å². The highest BCUT2D eigenvalue weighted by Gasteiger charge is 2.15. The van der Waals surface area contributed by atoms with Gasteiger partial charge in [0.05, 0.1) is 15.6 Å². The number of rotatable bonds is 5. The molecule has 23 heavy (non-hydrogen) atoms. The number of hydrogen-bond donors (Lipinski definition) is 0. The zero-order valence-corrected chi connectivity index (χ0v) is 14.0. The van der Waals surface area contributed by atoms with Gasteiger partial charge >= 0.3 is 0 Å². The highest BCUT2D eigenvalue weighted by Crippen LogP contribution is 2.31.